The Morgan fingerprint density at radius 2 is 2.04 bits per heavy atom. The zero-order chi connectivity index (χ0) is 19.8. The second kappa shape index (κ2) is 9.98. The minimum absolute atomic E-state index is 0.00706. The van der Waals surface area contributed by atoms with Crippen LogP contribution in [0.1, 0.15) is 25.8 Å². The number of carbonyl (C=O) groups is 1. The van der Waals surface area contributed by atoms with Crippen molar-refractivity contribution in [2.75, 3.05) is 32.7 Å². The quantitative estimate of drug-likeness (QED) is 0.651. The molecule has 0 bridgehead atoms. The van der Waals surface area contributed by atoms with Crippen molar-refractivity contribution in [1.29, 1.82) is 0 Å². The van der Waals surface area contributed by atoms with Crippen LogP contribution in [0, 0.1) is 0 Å². The molecule has 2 aromatic heterocycles. The van der Waals surface area contributed by atoms with Gasteiger partial charge in [-0.3, -0.25) is 19.7 Å². The molecule has 3 heterocycles. The van der Waals surface area contributed by atoms with Gasteiger partial charge in [-0.2, -0.15) is 4.98 Å². The van der Waals surface area contributed by atoms with Crippen LogP contribution in [0.2, 0.25) is 0 Å². The Hall–Kier alpha value is -2.74. The number of nitrogens with zero attached hydrogens (tertiary/aromatic N) is 5. The van der Waals surface area contributed by atoms with E-state index < -0.39 is 0 Å². The van der Waals surface area contributed by atoms with Crippen LogP contribution in [0.5, 0.6) is 11.8 Å². The fourth-order valence-electron chi connectivity index (χ4n) is 3.17. The lowest BCUT2D eigenvalue weighted by Gasteiger charge is -2.22. The van der Waals surface area contributed by atoms with E-state index in [0.29, 0.717) is 31.5 Å². The molecule has 0 radical (unpaired) electrons. The van der Waals surface area contributed by atoms with Gasteiger partial charge in [0.05, 0.1) is 18.9 Å². The van der Waals surface area contributed by atoms with Gasteiger partial charge in [0.1, 0.15) is 12.7 Å². The molecule has 8 heteroatoms. The first-order valence-electron chi connectivity index (χ1n) is 9.68. The molecule has 2 aromatic rings. The highest BCUT2D eigenvalue weighted by Crippen LogP contribution is 2.18. The first-order chi connectivity index (χ1) is 13.7. The summed E-state index contributed by atoms with van der Waals surface area (Å²) >= 11 is 0. The topological polar surface area (TPSA) is 80.7 Å². The lowest BCUT2D eigenvalue weighted by Crippen LogP contribution is -2.39. The molecule has 1 unspecified atom stereocenters. The summed E-state index contributed by atoms with van der Waals surface area (Å²) in [5, 5.41) is 0. The van der Waals surface area contributed by atoms with Crippen LogP contribution in [0.3, 0.4) is 0 Å². The second-order valence-corrected chi connectivity index (χ2v) is 6.68. The van der Waals surface area contributed by atoms with Crippen LogP contribution in [-0.2, 0) is 11.4 Å². The van der Waals surface area contributed by atoms with E-state index in [1.165, 1.54) is 0 Å². The third-order valence-electron chi connectivity index (χ3n) is 4.69. The number of ether oxygens (including phenoxy) is 2. The van der Waals surface area contributed by atoms with E-state index in [1.807, 2.05) is 30.9 Å². The number of hydrogen-bond donors (Lipinski definition) is 0. The van der Waals surface area contributed by atoms with E-state index in [9.17, 15) is 4.79 Å². The smallest absolute Gasteiger partial charge is 0.236 e. The van der Waals surface area contributed by atoms with Gasteiger partial charge in [0.15, 0.2) is 0 Å². The van der Waals surface area contributed by atoms with E-state index in [1.54, 1.807) is 24.8 Å². The van der Waals surface area contributed by atoms with Crippen molar-refractivity contribution in [3.05, 3.63) is 42.5 Å². The number of rotatable bonds is 9. The van der Waals surface area contributed by atoms with Gasteiger partial charge in [-0.15, -0.1) is 0 Å². The molecule has 3 rings (SSSR count). The van der Waals surface area contributed by atoms with E-state index in [0.717, 1.165) is 31.6 Å². The molecule has 0 aromatic carbocycles. The average Bonchev–Trinajstić information content (AvgIpc) is 3.15. The predicted octanol–water partition coefficient (Wildman–Crippen LogP) is 1.77. The standard InChI is InChI=1S/C20H27N5O3/c1-3-25(4-2)20(26)14-24-9-7-17(13-24)28-19-12-22-11-18(23-19)27-15-16-6-5-8-21-10-16/h5-6,8,10-12,17H,3-4,7,9,13-15H2,1-2H3. The van der Waals surface area contributed by atoms with Crippen molar-refractivity contribution >= 4 is 5.91 Å². The van der Waals surface area contributed by atoms with Crippen molar-refractivity contribution < 1.29 is 14.3 Å². The summed E-state index contributed by atoms with van der Waals surface area (Å²) < 4.78 is 11.6. The molecular formula is C20H27N5O3. The maximum absolute atomic E-state index is 12.3. The zero-order valence-electron chi connectivity index (χ0n) is 16.5. The molecule has 1 aliphatic heterocycles. The Kier molecular flexibility index (Phi) is 7.13. The molecule has 0 aliphatic carbocycles. The molecular weight excluding hydrogens is 358 g/mol. The highest BCUT2D eigenvalue weighted by atomic mass is 16.5. The molecule has 1 amide bonds. The summed E-state index contributed by atoms with van der Waals surface area (Å²) in [5.74, 6) is 1.01. The van der Waals surface area contributed by atoms with Gasteiger partial charge in [-0.1, -0.05) is 6.07 Å². The Bertz CT molecular complexity index is 755. The first-order valence-corrected chi connectivity index (χ1v) is 9.68. The van der Waals surface area contributed by atoms with Crippen LogP contribution in [0.25, 0.3) is 0 Å². The average molecular weight is 385 g/mol. The Labute approximate surface area is 165 Å². The zero-order valence-corrected chi connectivity index (χ0v) is 16.5. The van der Waals surface area contributed by atoms with Gasteiger partial charge >= 0.3 is 0 Å². The van der Waals surface area contributed by atoms with E-state index in [-0.39, 0.29) is 12.0 Å². The normalized spacial score (nSPS) is 16.7. The molecule has 1 atom stereocenters. The first kappa shape index (κ1) is 20.0. The van der Waals surface area contributed by atoms with Crippen molar-refractivity contribution in [2.24, 2.45) is 0 Å². The van der Waals surface area contributed by atoms with Crippen molar-refractivity contribution in [3.8, 4) is 11.8 Å². The van der Waals surface area contributed by atoms with Crippen molar-refractivity contribution in [1.82, 2.24) is 24.8 Å². The molecule has 150 valence electrons. The molecule has 0 saturated carbocycles. The molecule has 1 aliphatic rings. The minimum atomic E-state index is -0.00706. The molecule has 8 nitrogen and oxygen atoms in total. The van der Waals surface area contributed by atoms with Crippen molar-refractivity contribution in [3.63, 3.8) is 0 Å². The molecule has 0 N–H and O–H groups in total. The Morgan fingerprint density at radius 3 is 2.79 bits per heavy atom. The number of pyridine rings is 1. The molecule has 28 heavy (non-hydrogen) atoms. The fourth-order valence-corrected chi connectivity index (χ4v) is 3.17. The monoisotopic (exact) mass is 385 g/mol. The van der Waals surface area contributed by atoms with Crippen LogP contribution in [0.15, 0.2) is 36.9 Å². The number of hydrogen-bond acceptors (Lipinski definition) is 7. The number of aromatic nitrogens is 3. The third kappa shape index (κ3) is 5.63. The molecule has 1 fully saturated rings. The van der Waals surface area contributed by atoms with Gasteiger partial charge in [0.2, 0.25) is 17.7 Å². The predicted molar refractivity (Wildman–Crippen MR) is 104 cm³/mol. The van der Waals surface area contributed by atoms with E-state index >= 15 is 0 Å². The van der Waals surface area contributed by atoms with Crippen LogP contribution < -0.4 is 9.47 Å². The van der Waals surface area contributed by atoms with Crippen molar-refractivity contribution in [2.45, 2.75) is 33.0 Å². The number of likely N-dealkylation sites (tertiary alicyclic amines) is 1. The maximum Gasteiger partial charge on any atom is 0.236 e. The summed E-state index contributed by atoms with van der Waals surface area (Å²) in [7, 11) is 0. The number of likely N-dealkylation sites (N-methyl/N-ethyl adjacent to an activating group) is 1. The van der Waals surface area contributed by atoms with Gasteiger partial charge in [-0.25, -0.2) is 0 Å². The summed E-state index contributed by atoms with van der Waals surface area (Å²) in [5.41, 5.74) is 0.958. The molecule has 0 spiro atoms. The van der Waals surface area contributed by atoms with Gasteiger partial charge < -0.3 is 14.4 Å². The van der Waals surface area contributed by atoms with Gasteiger partial charge in [0.25, 0.3) is 0 Å². The van der Waals surface area contributed by atoms with E-state index in [4.69, 9.17) is 9.47 Å². The lowest BCUT2D eigenvalue weighted by molar-refractivity contribution is -0.131. The third-order valence-corrected chi connectivity index (χ3v) is 4.69. The summed E-state index contributed by atoms with van der Waals surface area (Å²) in [6.45, 7) is 7.82. The highest BCUT2D eigenvalue weighted by Gasteiger charge is 2.27. The van der Waals surface area contributed by atoms with Crippen LogP contribution in [0.4, 0.5) is 0 Å². The minimum Gasteiger partial charge on any atom is -0.472 e. The van der Waals surface area contributed by atoms with Gasteiger partial charge in [-0.05, 0) is 26.3 Å². The summed E-state index contributed by atoms with van der Waals surface area (Å²) in [6, 6.07) is 3.80. The second-order valence-electron chi connectivity index (χ2n) is 6.68. The van der Waals surface area contributed by atoms with E-state index in [2.05, 4.69) is 19.9 Å². The van der Waals surface area contributed by atoms with Crippen LogP contribution in [-0.4, -0.2) is 69.5 Å². The fraction of sp³-hybridized carbons (Fsp3) is 0.500. The Morgan fingerprint density at radius 1 is 1.21 bits per heavy atom. The maximum atomic E-state index is 12.3. The molecule has 1 saturated heterocycles. The highest BCUT2D eigenvalue weighted by molar-refractivity contribution is 5.78. The largest absolute Gasteiger partial charge is 0.472 e. The lowest BCUT2D eigenvalue weighted by atomic mass is 10.3. The SMILES string of the molecule is CCN(CC)C(=O)CN1CCC(Oc2cncc(OCc3cccnc3)n2)C1. The van der Waals surface area contributed by atoms with Gasteiger partial charge in [0, 0.05) is 44.1 Å². The van der Waals surface area contributed by atoms with Crippen LogP contribution >= 0.6 is 0 Å². The Balaban J connectivity index is 1.48. The number of carbonyl (C=O) groups excluding carboxylic acids is 1. The summed E-state index contributed by atoms with van der Waals surface area (Å²) in [6.07, 6.45) is 7.47. The summed E-state index contributed by atoms with van der Waals surface area (Å²) in [4.78, 5) is 28.8. The number of amides is 1.